The van der Waals surface area contributed by atoms with E-state index >= 15 is 0 Å². The van der Waals surface area contributed by atoms with Crippen LogP contribution in [0.15, 0.2) is 48.5 Å². The molecule has 10 heteroatoms. The predicted molar refractivity (Wildman–Crippen MR) is 155 cm³/mol. The number of nitrogens with one attached hydrogen (secondary N) is 2. The van der Waals surface area contributed by atoms with E-state index in [2.05, 4.69) is 82.4 Å². The molecule has 4 heterocycles. The van der Waals surface area contributed by atoms with Crippen LogP contribution in [-0.4, -0.2) is 67.4 Å². The number of hydrogen-bond acceptors (Lipinski definition) is 6. The van der Waals surface area contributed by atoms with E-state index in [9.17, 15) is 0 Å². The van der Waals surface area contributed by atoms with Crippen molar-refractivity contribution in [2.24, 2.45) is 25.9 Å². The van der Waals surface area contributed by atoms with E-state index in [-0.39, 0.29) is 0 Å². The van der Waals surface area contributed by atoms with Gasteiger partial charge in [0.2, 0.25) is 0 Å². The van der Waals surface area contributed by atoms with E-state index in [4.69, 9.17) is 29.8 Å². The highest BCUT2D eigenvalue weighted by molar-refractivity contribution is 6.27. The first kappa shape index (κ1) is 29.2. The lowest BCUT2D eigenvalue weighted by Crippen LogP contribution is -2.29. The molecule has 2 aromatic carbocycles. The predicted octanol–water partition coefficient (Wildman–Crippen LogP) is 3.39. The maximum atomic E-state index is 9.10. The van der Waals surface area contributed by atoms with Gasteiger partial charge in [0.15, 0.2) is 0 Å². The fourth-order valence-corrected chi connectivity index (χ4v) is 5.44. The second kappa shape index (κ2) is 14.0. The largest absolute Gasteiger partial charge is 0.473 e. The molecular formula is C30H40N6O4. The zero-order chi connectivity index (χ0) is 28.5. The van der Waals surface area contributed by atoms with Gasteiger partial charge < -0.3 is 30.0 Å². The van der Waals surface area contributed by atoms with Gasteiger partial charge in [-0.05, 0) is 88.0 Å². The average molecular weight is 549 g/mol. The summed E-state index contributed by atoms with van der Waals surface area (Å²) < 4.78 is 4.49. The first-order chi connectivity index (χ1) is 19.3. The summed E-state index contributed by atoms with van der Waals surface area (Å²) in [5.74, 6) is 0.416. The Morgan fingerprint density at radius 1 is 0.700 bits per heavy atom. The van der Waals surface area contributed by atoms with E-state index in [1.54, 1.807) is 0 Å². The van der Waals surface area contributed by atoms with Gasteiger partial charge in [0, 0.05) is 26.9 Å². The van der Waals surface area contributed by atoms with Crippen LogP contribution in [0, 0.1) is 11.8 Å². The SMILES string of the molecule is Cn1c(CC2CCNCC2)nc2ccccc21.Cn1c(CC2CCNCC2)nc2ccccc21.O=C(O)C(=O)O. The van der Waals surface area contributed by atoms with E-state index < -0.39 is 11.9 Å². The van der Waals surface area contributed by atoms with E-state index in [0.29, 0.717) is 0 Å². The van der Waals surface area contributed by atoms with Gasteiger partial charge in [-0.25, -0.2) is 19.6 Å². The van der Waals surface area contributed by atoms with Gasteiger partial charge in [0.25, 0.3) is 0 Å². The minimum Gasteiger partial charge on any atom is -0.473 e. The number of hydrogen-bond donors (Lipinski definition) is 4. The van der Waals surface area contributed by atoms with Crippen LogP contribution >= 0.6 is 0 Å². The van der Waals surface area contributed by atoms with Crippen LogP contribution in [0.2, 0.25) is 0 Å². The maximum Gasteiger partial charge on any atom is 0.414 e. The summed E-state index contributed by atoms with van der Waals surface area (Å²) >= 11 is 0. The van der Waals surface area contributed by atoms with Gasteiger partial charge in [0.1, 0.15) is 11.6 Å². The quantitative estimate of drug-likeness (QED) is 0.285. The van der Waals surface area contributed by atoms with Crippen molar-refractivity contribution >= 4 is 34.0 Å². The molecule has 0 amide bonds. The third-order valence-electron chi connectivity index (χ3n) is 7.80. The number of para-hydroxylation sites is 4. The summed E-state index contributed by atoms with van der Waals surface area (Å²) in [5, 5.41) is 21.6. The number of aromatic nitrogens is 4. The van der Waals surface area contributed by atoms with Gasteiger partial charge >= 0.3 is 11.9 Å². The molecular weight excluding hydrogens is 508 g/mol. The van der Waals surface area contributed by atoms with Crippen LogP contribution < -0.4 is 10.6 Å². The van der Waals surface area contributed by atoms with Gasteiger partial charge in [0.05, 0.1) is 22.1 Å². The highest BCUT2D eigenvalue weighted by Crippen LogP contribution is 2.22. The van der Waals surface area contributed by atoms with Crippen LogP contribution in [0.5, 0.6) is 0 Å². The van der Waals surface area contributed by atoms with Crippen molar-refractivity contribution in [2.75, 3.05) is 26.2 Å². The molecule has 0 atom stereocenters. The Balaban J connectivity index is 0.000000155. The molecule has 10 nitrogen and oxygen atoms in total. The molecule has 6 rings (SSSR count). The zero-order valence-electron chi connectivity index (χ0n) is 23.3. The number of carbonyl (C=O) groups is 2. The third-order valence-corrected chi connectivity index (χ3v) is 7.80. The number of aryl methyl sites for hydroxylation is 2. The number of aliphatic carboxylic acids is 2. The summed E-state index contributed by atoms with van der Waals surface area (Å²) in [5.41, 5.74) is 4.74. The molecule has 2 aliphatic heterocycles. The Morgan fingerprint density at radius 3 is 1.38 bits per heavy atom. The van der Waals surface area contributed by atoms with Crippen molar-refractivity contribution < 1.29 is 19.8 Å². The van der Waals surface area contributed by atoms with Crippen LogP contribution in [0.1, 0.15) is 37.3 Å². The highest BCUT2D eigenvalue weighted by atomic mass is 16.4. The van der Waals surface area contributed by atoms with Crippen LogP contribution in [0.4, 0.5) is 0 Å². The minimum absolute atomic E-state index is 0.798. The number of carboxylic acids is 2. The molecule has 0 radical (unpaired) electrons. The Kier molecular flexibility index (Phi) is 10.3. The summed E-state index contributed by atoms with van der Waals surface area (Å²) in [4.78, 5) is 27.7. The number of benzene rings is 2. The molecule has 4 N–H and O–H groups in total. The molecule has 0 saturated carbocycles. The van der Waals surface area contributed by atoms with E-state index in [1.807, 2.05) is 0 Å². The zero-order valence-corrected chi connectivity index (χ0v) is 23.3. The molecule has 4 aromatic rings. The first-order valence-corrected chi connectivity index (χ1v) is 14.0. The lowest BCUT2D eigenvalue weighted by atomic mass is 9.94. The molecule has 40 heavy (non-hydrogen) atoms. The van der Waals surface area contributed by atoms with Crippen LogP contribution in [0.3, 0.4) is 0 Å². The fraction of sp³-hybridized carbons (Fsp3) is 0.467. The second-order valence-corrected chi connectivity index (χ2v) is 10.6. The number of carboxylic acid groups (broad SMARTS) is 2. The first-order valence-electron chi connectivity index (χ1n) is 14.0. The average Bonchev–Trinajstić information content (AvgIpc) is 3.46. The normalized spacial score (nSPS) is 16.1. The molecule has 0 aliphatic carbocycles. The molecule has 2 saturated heterocycles. The van der Waals surface area contributed by atoms with Gasteiger partial charge in [-0.2, -0.15) is 0 Å². The molecule has 2 fully saturated rings. The van der Waals surface area contributed by atoms with Crippen molar-refractivity contribution in [2.45, 2.75) is 38.5 Å². The van der Waals surface area contributed by atoms with Gasteiger partial charge in [-0.1, -0.05) is 24.3 Å². The summed E-state index contributed by atoms with van der Waals surface area (Å²) in [6.45, 7) is 4.65. The molecule has 0 unspecified atom stereocenters. The number of imidazole rings is 2. The Morgan fingerprint density at radius 2 is 1.05 bits per heavy atom. The maximum absolute atomic E-state index is 9.10. The smallest absolute Gasteiger partial charge is 0.414 e. The second-order valence-electron chi connectivity index (χ2n) is 10.6. The lowest BCUT2D eigenvalue weighted by Gasteiger charge is -2.22. The summed E-state index contributed by atoms with van der Waals surface area (Å²) in [6, 6.07) is 16.8. The molecule has 214 valence electrons. The van der Waals surface area contributed by atoms with Crippen molar-refractivity contribution in [3.8, 4) is 0 Å². The minimum atomic E-state index is -1.82. The van der Waals surface area contributed by atoms with Crippen molar-refractivity contribution in [1.82, 2.24) is 29.7 Å². The van der Waals surface area contributed by atoms with Crippen LogP contribution in [-0.2, 0) is 36.5 Å². The van der Waals surface area contributed by atoms with Crippen LogP contribution in [0.25, 0.3) is 22.1 Å². The van der Waals surface area contributed by atoms with Gasteiger partial charge in [-0.3, -0.25) is 0 Å². The number of nitrogens with zero attached hydrogens (tertiary/aromatic N) is 4. The Hall–Kier alpha value is -3.76. The number of piperidine rings is 2. The fourth-order valence-electron chi connectivity index (χ4n) is 5.44. The monoisotopic (exact) mass is 548 g/mol. The Bertz CT molecular complexity index is 1310. The van der Waals surface area contributed by atoms with Gasteiger partial charge in [-0.15, -0.1) is 0 Å². The van der Waals surface area contributed by atoms with Crippen molar-refractivity contribution in [3.63, 3.8) is 0 Å². The summed E-state index contributed by atoms with van der Waals surface area (Å²) in [6.07, 6.45) is 7.36. The summed E-state index contributed by atoms with van der Waals surface area (Å²) in [7, 11) is 4.26. The van der Waals surface area contributed by atoms with E-state index in [0.717, 1.165) is 61.9 Å². The number of fused-ring (bicyclic) bond motifs is 2. The number of rotatable bonds is 4. The lowest BCUT2D eigenvalue weighted by molar-refractivity contribution is -0.159. The Labute approximate surface area is 234 Å². The topological polar surface area (TPSA) is 134 Å². The highest BCUT2D eigenvalue weighted by Gasteiger charge is 2.18. The molecule has 2 aromatic heterocycles. The molecule has 0 spiro atoms. The van der Waals surface area contributed by atoms with Crippen molar-refractivity contribution in [1.29, 1.82) is 0 Å². The molecule has 2 aliphatic rings. The third kappa shape index (κ3) is 7.67. The van der Waals surface area contributed by atoms with Crippen molar-refractivity contribution in [3.05, 3.63) is 60.2 Å². The molecule has 0 bridgehead atoms. The standard InChI is InChI=1S/2C14H19N3.C2H2O4/c2*1-17-13-5-3-2-4-12(13)16-14(17)10-11-6-8-15-9-7-11;3-1(4)2(5)6/h2*2-5,11,15H,6-10H2,1H3;(H,3,4)(H,5,6). The van der Waals surface area contributed by atoms with E-state index in [1.165, 1.54) is 48.4 Å².